The molecule has 4 aromatic rings. The highest BCUT2D eigenvalue weighted by Gasteiger charge is 2.37. The van der Waals surface area contributed by atoms with Crippen molar-refractivity contribution in [3.05, 3.63) is 125 Å². The lowest BCUT2D eigenvalue weighted by molar-refractivity contribution is -0.136. The van der Waals surface area contributed by atoms with E-state index in [1.54, 1.807) is 9.80 Å². The largest absolute Gasteiger partial charge is 0.380 e. The van der Waals surface area contributed by atoms with E-state index < -0.39 is 12.1 Å². The lowest BCUT2D eigenvalue weighted by Gasteiger charge is -2.25. The Bertz CT molecular complexity index is 1920. The molecule has 0 bridgehead atoms. The summed E-state index contributed by atoms with van der Waals surface area (Å²) >= 11 is 0. The maximum absolute atomic E-state index is 13.7. The number of hydrogen-bond donors (Lipinski definition) is 3. The number of nitrogens with zero attached hydrogens (tertiary/aromatic N) is 2. The van der Waals surface area contributed by atoms with Gasteiger partial charge < -0.3 is 25.8 Å². The Morgan fingerprint density at radius 3 is 1.75 bits per heavy atom. The molecule has 3 fully saturated rings. The molecule has 0 spiro atoms. The maximum Gasteiger partial charge on any atom is 0.256 e. The molecule has 7 rings (SSSR count). The molecule has 2 saturated heterocycles. The first-order chi connectivity index (χ1) is 25.4. The number of hydrogen-bond acceptors (Lipinski definition) is 5. The van der Waals surface area contributed by atoms with Crippen LogP contribution in [0.4, 0.5) is 17.1 Å². The number of amides is 4. The minimum Gasteiger partial charge on any atom is -0.380 e. The number of likely N-dealkylation sites (tertiary alicyclic amines) is 2. The van der Waals surface area contributed by atoms with Gasteiger partial charge >= 0.3 is 0 Å². The predicted molar refractivity (Wildman–Crippen MR) is 205 cm³/mol. The minimum atomic E-state index is -0.547. The van der Waals surface area contributed by atoms with Crippen LogP contribution in [0.5, 0.6) is 0 Å². The molecule has 2 heterocycles. The van der Waals surface area contributed by atoms with Gasteiger partial charge in [-0.25, -0.2) is 0 Å². The number of para-hydroxylation sites is 1. The Hall–Kier alpha value is -5.70. The Balaban J connectivity index is 0.909. The number of nitrogens with one attached hydrogen (secondary N) is 3. The van der Waals surface area contributed by atoms with Crippen LogP contribution >= 0.6 is 0 Å². The van der Waals surface area contributed by atoms with E-state index in [1.807, 2.05) is 115 Å². The zero-order valence-corrected chi connectivity index (χ0v) is 29.3. The van der Waals surface area contributed by atoms with Crippen LogP contribution in [-0.4, -0.2) is 58.6 Å². The van der Waals surface area contributed by atoms with E-state index >= 15 is 0 Å². The fourth-order valence-electron chi connectivity index (χ4n) is 7.08. The Morgan fingerprint density at radius 1 is 0.615 bits per heavy atom. The highest BCUT2D eigenvalue weighted by molar-refractivity contribution is 6.04. The van der Waals surface area contributed by atoms with Crippen molar-refractivity contribution in [3.63, 3.8) is 0 Å². The molecule has 4 aromatic carbocycles. The van der Waals surface area contributed by atoms with Crippen molar-refractivity contribution in [2.75, 3.05) is 29.0 Å². The van der Waals surface area contributed by atoms with Gasteiger partial charge in [0, 0.05) is 43.1 Å². The van der Waals surface area contributed by atoms with Gasteiger partial charge in [-0.05, 0) is 97.5 Å². The molecule has 9 heteroatoms. The molecule has 52 heavy (non-hydrogen) atoms. The third kappa shape index (κ3) is 8.60. The van der Waals surface area contributed by atoms with E-state index in [1.165, 1.54) is 0 Å². The summed E-state index contributed by atoms with van der Waals surface area (Å²) < 4.78 is 0. The highest BCUT2D eigenvalue weighted by atomic mass is 16.2. The van der Waals surface area contributed by atoms with Crippen LogP contribution in [0.3, 0.4) is 0 Å². The molecule has 266 valence electrons. The van der Waals surface area contributed by atoms with E-state index in [2.05, 4.69) is 16.0 Å². The average molecular weight is 696 g/mol. The van der Waals surface area contributed by atoms with Gasteiger partial charge in [0.25, 0.3) is 5.91 Å². The van der Waals surface area contributed by atoms with Gasteiger partial charge in [-0.3, -0.25) is 19.2 Å². The van der Waals surface area contributed by atoms with Crippen LogP contribution in [-0.2, 0) is 20.9 Å². The van der Waals surface area contributed by atoms with Gasteiger partial charge in [0.15, 0.2) is 0 Å². The topological polar surface area (TPSA) is 111 Å². The fraction of sp³-hybridized carbons (Fsp3) is 0.302. The second kappa shape index (κ2) is 16.1. The van der Waals surface area contributed by atoms with E-state index in [0.29, 0.717) is 61.8 Å². The molecule has 1 saturated carbocycles. The summed E-state index contributed by atoms with van der Waals surface area (Å²) in [6.07, 6.45) is 9.72. The van der Waals surface area contributed by atoms with Crippen LogP contribution in [0, 0.1) is 5.92 Å². The van der Waals surface area contributed by atoms with Gasteiger partial charge in [-0.1, -0.05) is 78.9 Å². The molecule has 0 aromatic heterocycles. The minimum absolute atomic E-state index is 0.105. The zero-order valence-electron chi connectivity index (χ0n) is 29.3. The molecule has 0 unspecified atom stereocenters. The standard InChI is InChI=1S/C43H45N5O4/c49-40(28-32-16-17-32)47-26-6-12-38(47)41(50)45-34-22-18-30(19-23-34)14-15-31-20-24-35(25-21-31)46-42(51)39-13-7-27-48(39)43(52)36-10-4-5-11-37(36)44-29-33-8-2-1-3-9-33/h1-5,8-11,14-15,18-25,32,38-39,44H,6-7,12-13,16-17,26-29H2,(H,45,50)(H,46,51)/t38-,39-/m0/s1. The van der Waals surface area contributed by atoms with E-state index in [0.717, 1.165) is 48.1 Å². The summed E-state index contributed by atoms with van der Waals surface area (Å²) in [5.74, 6) is 0.142. The maximum atomic E-state index is 13.7. The molecule has 2 aliphatic heterocycles. The molecule has 3 aliphatic rings. The molecular formula is C43H45N5O4. The summed E-state index contributed by atoms with van der Waals surface area (Å²) in [4.78, 5) is 56.3. The van der Waals surface area contributed by atoms with Crippen molar-refractivity contribution in [1.29, 1.82) is 0 Å². The van der Waals surface area contributed by atoms with Crippen LogP contribution in [0.2, 0.25) is 0 Å². The third-order valence-electron chi connectivity index (χ3n) is 10.2. The lowest BCUT2D eigenvalue weighted by atomic mass is 10.1. The molecule has 2 atom stereocenters. The predicted octanol–water partition coefficient (Wildman–Crippen LogP) is 7.44. The van der Waals surface area contributed by atoms with Crippen LogP contribution in [0.25, 0.3) is 12.2 Å². The van der Waals surface area contributed by atoms with E-state index in [9.17, 15) is 19.2 Å². The second-order valence-electron chi connectivity index (χ2n) is 14.0. The molecule has 9 nitrogen and oxygen atoms in total. The van der Waals surface area contributed by atoms with Crippen molar-refractivity contribution in [1.82, 2.24) is 9.80 Å². The monoisotopic (exact) mass is 695 g/mol. The van der Waals surface area contributed by atoms with E-state index in [4.69, 9.17) is 0 Å². The Kier molecular flexibility index (Phi) is 10.8. The number of benzene rings is 4. The van der Waals surface area contributed by atoms with Crippen LogP contribution in [0.1, 0.15) is 72.0 Å². The molecule has 4 amide bonds. The Morgan fingerprint density at radius 2 is 1.15 bits per heavy atom. The normalized spacial score (nSPS) is 18.4. The van der Waals surface area contributed by atoms with E-state index in [-0.39, 0.29) is 23.6 Å². The quantitative estimate of drug-likeness (QED) is 0.134. The van der Waals surface area contributed by atoms with Crippen molar-refractivity contribution in [2.45, 2.75) is 63.6 Å². The number of anilines is 3. The van der Waals surface area contributed by atoms with Crippen molar-refractivity contribution in [2.24, 2.45) is 5.92 Å². The first-order valence-corrected chi connectivity index (χ1v) is 18.4. The van der Waals surface area contributed by atoms with Gasteiger partial charge in [0.2, 0.25) is 17.7 Å². The lowest BCUT2D eigenvalue weighted by Crippen LogP contribution is -2.43. The van der Waals surface area contributed by atoms with Crippen LogP contribution in [0.15, 0.2) is 103 Å². The van der Waals surface area contributed by atoms with Gasteiger partial charge in [-0.15, -0.1) is 0 Å². The molecule has 3 N–H and O–H groups in total. The second-order valence-corrected chi connectivity index (χ2v) is 14.0. The van der Waals surface area contributed by atoms with Crippen LogP contribution < -0.4 is 16.0 Å². The Labute approximate surface area is 305 Å². The number of rotatable bonds is 12. The average Bonchev–Trinajstić information content (AvgIpc) is 3.61. The summed E-state index contributed by atoms with van der Waals surface area (Å²) in [5.41, 5.74) is 5.73. The smallest absolute Gasteiger partial charge is 0.256 e. The summed E-state index contributed by atoms with van der Waals surface area (Å²) in [7, 11) is 0. The van der Waals surface area contributed by atoms with Crippen molar-refractivity contribution in [3.8, 4) is 0 Å². The number of carbonyl (C=O) groups excluding carboxylic acids is 4. The molecular weight excluding hydrogens is 651 g/mol. The molecule has 1 aliphatic carbocycles. The first kappa shape index (κ1) is 34.7. The summed E-state index contributed by atoms with van der Waals surface area (Å²) in [6, 6.07) is 31.8. The van der Waals surface area contributed by atoms with Crippen molar-refractivity contribution >= 4 is 52.8 Å². The van der Waals surface area contributed by atoms with Crippen molar-refractivity contribution < 1.29 is 19.2 Å². The van der Waals surface area contributed by atoms with Gasteiger partial charge in [0.05, 0.1) is 5.56 Å². The number of carbonyl (C=O) groups is 4. The SMILES string of the molecule is O=C(Nc1ccc(C=Cc2ccc(NC(=O)[C@@H]3CCCN3C(=O)c3ccccc3NCc3ccccc3)cc2)cc1)[C@@H]1CCCN1C(=O)CC1CC1. The van der Waals surface area contributed by atoms with Gasteiger partial charge in [0.1, 0.15) is 12.1 Å². The fourth-order valence-corrected chi connectivity index (χ4v) is 7.08. The van der Waals surface area contributed by atoms with Gasteiger partial charge in [-0.2, -0.15) is 0 Å². The molecule has 0 radical (unpaired) electrons. The first-order valence-electron chi connectivity index (χ1n) is 18.4. The third-order valence-corrected chi connectivity index (χ3v) is 10.2. The zero-order chi connectivity index (χ0) is 35.9. The summed E-state index contributed by atoms with van der Waals surface area (Å²) in [5, 5.41) is 9.40. The summed E-state index contributed by atoms with van der Waals surface area (Å²) in [6.45, 7) is 1.78. The highest BCUT2D eigenvalue weighted by Crippen LogP contribution is 2.34.